The number of aryl methyl sites for hydroxylation is 2. The molecule has 0 aliphatic carbocycles. The van der Waals surface area contributed by atoms with Gasteiger partial charge in [0.25, 0.3) is 0 Å². The number of imidazole rings is 1. The van der Waals surface area contributed by atoms with E-state index < -0.39 is 18.2 Å². The molecule has 0 radical (unpaired) electrons. The van der Waals surface area contributed by atoms with Crippen LogP contribution in [0.1, 0.15) is 120 Å². The molecule has 0 aliphatic heterocycles. The van der Waals surface area contributed by atoms with Crippen LogP contribution in [0.15, 0.2) is 158 Å². The number of fused-ring (bicyclic) bond motifs is 1. The summed E-state index contributed by atoms with van der Waals surface area (Å²) in [5, 5.41) is 12.6. The number of phenols is 1. The van der Waals surface area contributed by atoms with Gasteiger partial charge in [0, 0.05) is 28.4 Å². The molecule has 1 N–H and O–H groups in total. The molecule has 68 heavy (non-hydrogen) atoms. The van der Waals surface area contributed by atoms with Gasteiger partial charge < -0.3 is 5.11 Å². The van der Waals surface area contributed by atoms with E-state index in [0.717, 1.165) is 78.0 Å². The molecule has 9 aromatic rings. The van der Waals surface area contributed by atoms with E-state index in [1.165, 1.54) is 5.56 Å². The van der Waals surface area contributed by atoms with E-state index in [-0.39, 0.29) is 22.6 Å². The molecular weight excluding hydrogens is 827 g/mol. The van der Waals surface area contributed by atoms with E-state index in [0.29, 0.717) is 28.1 Å². The summed E-state index contributed by atoms with van der Waals surface area (Å²) >= 11 is 0. The standard InChI is InChI=1S/C64H65N3O/c1-39(2)47-30-48(40(3)4)32-50(31-47)45-25-26-58(42(6)29-45)67-59-20-16-19-54(60(59)66-62(67)55-37-53(63(7,8)9)38-56(61(55)68)64(10,11)12)51-33-49(43-17-14-13-15-18-43)34-52(35-51)57-36-46(27-28-65-57)44-23-21-41(5)22-24-44/h13-40,68H,1-12H3/i6D3,39D. The molecule has 0 spiro atoms. The van der Waals surface area contributed by atoms with Gasteiger partial charge in [-0.25, -0.2) is 4.98 Å². The Morgan fingerprint density at radius 1 is 0.574 bits per heavy atom. The normalized spacial score (nSPS) is 13.4. The van der Waals surface area contributed by atoms with Crippen molar-refractivity contribution >= 4 is 11.0 Å². The molecule has 9 rings (SSSR count). The van der Waals surface area contributed by atoms with Gasteiger partial charge in [-0.2, -0.15) is 0 Å². The van der Waals surface area contributed by atoms with Crippen LogP contribution in [0.3, 0.4) is 0 Å². The van der Waals surface area contributed by atoms with Gasteiger partial charge in [-0.3, -0.25) is 9.55 Å². The number of hydrogen-bond donors (Lipinski definition) is 1. The SMILES string of the molecule is [2H]C([2H])([2H])c1cc(-c2cc(C(C)C)cc(C([2H])(C)C)c2)ccc1-n1c(-c2cc(C(C)(C)C)cc(C(C)(C)C)c2O)nc2c(-c3cc(-c4ccccc4)cc(-c4cc(-c5ccc(C)cc5)ccn4)c3)cccc21. The Hall–Kier alpha value is -7.04. The zero-order valence-corrected chi connectivity index (χ0v) is 41.4. The first-order valence-electron chi connectivity index (χ1n) is 25.8. The molecule has 0 bridgehead atoms. The highest BCUT2D eigenvalue weighted by Crippen LogP contribution is 2.45. The number of hydrogen-bond acceptors (Lipinski definition) is 3. The smallest absolute Gasteiger partial charge is 0.149 e. The van der Waals surface area contributed by atoms with Gasteiger partial charge in [0.1, 0.15) is 11.6 Å². The summed E-state index contributed by atoms with van der Waals surface area (Å²) in [7, 11) is 0. The number of nitrogens with zero attached hydrogens (tertiary/aromatic N) is 3. The Balaban J connectivity index is 1.35. The van der Waals surface area contributed by atoms with Crippen molar-refractivity contribution in [1.82, 2.24) is 14.5 Å². The average molecular weight is 896 g/mol. The summed E-state index contributed by atoms with van der Waals surface area (Å²) in [6, 6.07) is 51.6. The van der Waals surface area contributed by atoms with Crippen LogP contribution in [0.4, 0.5) is 0 Å². The van der Waals surface area contributed by atoms with Crippen molar-refractivity contribution in [3.05, 3.63) is 191 Å². The molecule has 0 amide bonds. The first kappa shape index (κ1) is 41.2. The Labute approximate surface area is 410 Å². The molecular formula is C64H65N3O. The van der Waals surface area contributed by atoms with Crippen molar-refractivity contribution in [2.24, 2.45) is 0 Å². The lowest BCUT2D eigenvalue weighted by molar-refractivity contribution is 0.446. The zero-order valence-electron chi connectivity index (χ0n) is 45.4. The van der Waals surface area contributed by atoms with Crippen molar-refractivity contribution < 1.29 is 10.6 Å². The highest BCUT2D eigenvalue weighted by atomic mass is 16.3. The number of benzene rings is 7. The summed E-state index contributed by atoms with van der Waals surface area (Å²) in [4.78, 5) is 10.5. The monoisotopic (exact) mass is 896 g/mol. The van der Waals surface area contributed by atoms with Crippen LogP contribution in [-0.4, -0.2) is 19.6 Å². The molecule has 4 nitrogen and oxygen atoms in total. The van der Waals surface area contributed by atoms with E-state index in [9.17, 15) is 5.11 Å². The lowest BCUT2D eigenvalue weighted by Gasteiger charge is -2.27. The van der Waals surface area contributed by atoms with Gasteiger partial charge in [-0.15, -0.1) is 0 Å². The fourth-order valence-corrected chi connectivity index (χ4v) is 9.16. The van der Waals surface area contributed by atoms with E-state index >= 15 is 0 Å². The Morgan fingerprint density at radius 3 is 1.93 bits per heavy atom. The van der Waals surface area contributed by atoms with Gasteiger partial charge >= 0.3 is 0 Å². The Kier molecular flexibility index (Phi) is 10.8. The molecule has 2 aromatic heterocycles. The van der Waals surface area contributed by atoms with E-state index in [2.05, 4.69) is 147 Å². The largest absolute Gasteiger partial charge is 0.507 e. The minimum absolute atomic E-state index is 0.101. The number of phenolic OH excluding ortho intramolecular Hbond substituents is 1. The average Bonchev–Trinajstić information content (AvgIpc) is 3.72. The molecule has 342 valence electrons. The minimum atomic E-state index is -2.56. The molecule has 0 aliphatic rings. The maximum absolute atomic E-state index is 12.6. The molecule has 0 unspecified atom stereocenters. The van der Waals surface area contributed by atoms with Crippen LogP contribution >= 0.6 is 0 Å². The third-order valence-electron chi connectivity index (χ3n) is 13.3. The Bertz CT molecular complexity index is 3490. The first-order valence-corrected chi connectivity index (χ1v) is 23.8. The fraction of sp³-hybridized carbons (Fsp3) is 0.250. The maximum Gasteiger partial charge on any atom is 0.149 e. The lowest BCUT2D eigenvalue weighted by atomic mass is 9.79. The number of aromatic nitrogens is 3. The third kappa shape index (κ3) is 9.05. The van der Waals surface area contributed by atoms with Crippen molar-refractivity contribution in [2.45, 2.75) is 106 Å². The molecule has 7 aromatic carbocycles. The third-order valence-corrected chi connectivity index (χ3v) is 13.3. The topological polar surface area (TPSA) is 50.9 Å². The maximum atomic E-state index is 12.6. The van der Waals surface area contributed by atoms with Crippen LogP contribution in [-0.2, 0) is 10.8 Å². The number of pyridine rings is 1. The van der Waals surface area contributed by atoms with Gasteiger partial charge in [-0.05, 0) is 152 Å². The highest BCUT2D eigenvalue weighted by Gasteiger charge is 2.29. The van der Waals surface area contributed by atoms with Crippen molar-refractivity contribution in [2.75, 3.05) is 0 Å². The van der Waals surface area contributed by atoms with Gasteiger partial charge in [-0.1, -0.05) is 172 Å². The van der Waals surface area contributed by atoms with Gasteiger partial charge in [0.2, 0.25) is 0 Å². The zero-order chi connectivity index (χ0) is 51.7. The predicted octanol–water partition coefficient (Wildman–Crippen LogP) is 17.6. The second-order valence-electron chi connectivity index (χ2n) is 21.1. The van der Waals surface area contributed by atoms with Crippen LogP contribution < -0.4 is 0 Å². The molecule has 0 saturated carbocycles. The number of aromatic hydroxyl groups is 1. The summed E-state index contributed by atoms with van der Waals surface area (Å²) < 4.78 is 38.4. The lowest BCUT2D eigenvalue weighted by Crippen LogP contribution is -2.17. The van der Waals surface area contributed by atoms with Crippen molar-refractivity contribution in [3.63, 3.8) is 0 Å². The van der Waals surface area contributed by atoms with Crippen LogP contribution in [0.25, 0.3) is 83.9 Å². The van der Waals surface area contributed by atoms with E-state index in [1.807, 2.05) is 85.3 Å². The first-order chi connectivity index (χ1) is 33.8. The van der Waals surface area contributed by atoms with Gasteiger partial charge in [0.05, 0.1) is 28.0 Å². The summed E-state index contributed by atoms with van der Waals surface area (Å²) in [5.74, 6) is -0.143. The second-order valence-corrected chi connectivity index (χ2v) is 21.1. The molecule has 0 atom stereocenters. The summed E-state index contributed by atoms with van der Waals surface area (Å²) in [5.41, 5.74) is 15.9. The van der Waals surface area contributed by atoms with Gasteiger partial charge in [0.15, 0.2) is 0 Å². The van der Waals surface area contributed by atoms with Crippen LogP contribution in [0.5, 0.6) is 5.75 Å². The van der Waals surface area contributed by atoms with Crippen LogP contribution in [0, 0.1) is 13.8 Å². The quantitative estimate of drug-likeness (QED) is 0.157. The van der Waals surface area contributed by atoms with Crippen LogP contribution in [0.2, 0.25) is 0 Å². The summed E-state index contributed by atoms with van der Waals surface area (Å²) in [6.45, 7) is 20.3. The van der Waals surface area contributed by atoms with Crippen molar-refractivity contribution in [3.8, 4) is 78.6 Å². The second kappa shape index (κ2) is 17.9. The van der Waals surface area contributed by atoms with Crippen molar-refractivity contribution in [1.29, 1.82) is 0 Å². The molecule has 0 fully saturated rings. The highest BCUT2D eigenvalue weighted by molar-refractivity contribution is 5.98. The Morgan fingerprint density at radius 2 is 1.24 bits per heavy atom. The number of para-hydroxylation sites is 1. The molecule has 2 heterocycles. The molecule has 4 heteroatoms. The van der Waals surface area contributed by atoms with E-state index in [4.69, 9.17) is 15.5 Å². The molecule has 0 saturated heterocycles. The minimum Gasteiger partial charge on any atom is -0.507 e. The van der Waals surface area contributed by atoms with E-state index in [1.54, 1.807) is 6.07 Å². The number of rotatable bonds is 9. The predicted molar refractivity (Wildman–Crippen MR) is 288 cm³/mol. The summed E-state index contributed by atoms with van der Waals surface area (Å²) in [6.07, 6.45) is 1.86. The fourth-order valence-electron chi connectivity index (χ4n) is 9.16.